The first kappa shape index (κ1) is 16.7. The van der Waals surface area contributed by atoms with E-state index in [1.807, 2.05) is 7.11 Å². The molecule has 24 heavy (non-hydrogen) atoms. The van der Waals surface area contributed by atoms with Gasteiger partial charge in [-0.05, 0) is 74.0 Å². The lowest BCUT2D eigenvalue weighted by molar-refractivity contribution is -0.186. The number of nitrogens with one attached hydrogen (secondary N) is 1. The number of methoxy groups -OCH3 is 1. The first-order valence-corrected chi connectivity index (χ1v) is 9.56. The highest BCUT2D eigenvalue weighted by Gasteiger charge is 2.57. The maximum Gasteiger partial charge on any atom is 0.252 e. The lowest BCUT2D eigenvalue weighted by atomic mass is 9.49. The van der Waals surface area contributed by atoms with E-state index in [2.05, 4.69) is 5.32 Å². The van der Waals surface area contributed by atoms with Gasteiger partial charge in [0.2, 0.25) is 0 Å². The van der Waals surface area contributed by atoms with Crippen molar-refractivity contribution in [1.82, 2.24) is 5.32 Å². The molecule has 130 valence electrons. The molecule has 1 aromatic rings. The molecule has 4 aliphatic rings. The van der Waals surface area contributed by atoms with Gasteiger partial charge >= 0.3 is 0 Å². The quantitative estimate of drug-likeness (QED) is 0.846. The molecule has 4 bridgehead atoms. The van der Waals surface area contributed by atoms with Crippen LogP contribution >= 0.6 is 23.2 Å². The van der Waals surface area contributed by atoms with Crippen molar-refractivity contribution in [3.8, 4) is 0 Å². The molecule has 5 rings (SSSR count). The fraction of sp³-hybridized carbons (Fsp3) is 0.632. The molecule has 0 radical (unpaired) electrons. The van der Waals surface area contributed by atoms with Crippen molar-refractivity contribution >= 4 is 29.1 Å². The third-order valence-electron chi connectivity index (χ3n) is 6.60. The van der Waals surface area contributed by atoms with Gasteiger partial charge in [-0.15, -0.1) is 0 Å². The summed E-state index contributed by atoms with van der Waals surface area (Å²) in [5, 5.41) is 4.01. The van der Waals surface area contributed by atoms with Crippen molar-refractivity contribution < 1.29 is 9.53 Å². The van der Waals surface area contributed by atoms with Crippen LogP contribution in [0.3, 0.4) is 0 Å². The zero-order chi connectivity index (χ0) is 16.9. The summed E-state index contributed by atoms with van der Waals surface area (Å²) >= 11 is 12.1. The van der Waals surface area contributed by atoms with E-state index in [0.717, 1.165) is 11.8 Å². The topological polar surface area (TPSA) is 38.3 Å². The lowest BCUT2D eigenvalue weighted by Gasteiger charge is -2.60. The molecule has 0 spiro atoms. The minimum Gasteiger partial charge on any atom is -0.376 e. The van der Waals surface area contributed by atoms with Crippen LogP contribution in [0.15, 0.2) is 18.2 Å². The Labute approximate surface area is 153 Å². The van der Waals surface area contributed by atoms with Gasteiger partial charge in [-0.2, -0.15) is 0 Å². The molecule has 1 aromatic carbocycles. The Kier molecular flexibility index (Phi) is 4.30. The second kappa shape index (κ2) is 6.19. The number of halogens is 2. The van der Waals surface area contributed by atoms with Crippen molar-refractivity contribution in [1.29, 1.82) is 0 Å². The summed E-state index contributed by atoms with van der Waals surface area (Å²) in [5.41, 5.74) is 0.262. The van der Waals surface area contributed by atoms with E-state index in [1.165, 1.54) is 32.1 Å². The van der Waals surface area contributed by atoms with Crippen molar-refractivity contribution in [3.05, 3.63) is 33.8 Å². The third-order valence-corrected chi connectivity index (χ3v) is 7.15. The molecule has 0 unspecified atom stereocenters. The molecular weight excluding hydrogens is 345 g/mol. The van der Waals surface area contributed by atoms with E-state index in [4.69, 9.17) is 27.9 Å². The van der Waals surface area contributed by atoms with Crippen molar-refractivity contribution in [3.63, 3.8) is 0 Å². The summed E-state index contributed by atoms with van der Waals surface area (Å²) in [5.74, 6) is 2.73. The summed E-state index contributed by atoms with van der Waals surface area (Å²) in [7, 11) is 1.81. The first-order chi connectivity index (χ1) is 11.5. The van der Waals surface area contributed by atoms with Crippen LogP contribution in [0, 0.1) is 23.7 Å². The molecule has 0 aliphatic heterocycles. The van der Waals surface area contributed by atoms with E-state index in [1.54, 1.807) is 18.2 Å². The highest BCUT2D eigenvalue weighted by molar-refractivity contribution is 6.36. The van der Waals surface area contributed by atoms with Crippen LogP contribution in [0.4, 0.5) is 0 Å². The maximum atomic E-state index is 12.6. The fourth-order valence-corrected chi connectivity index (χ4v) is 6.16. The van der Waals surface area contributed by atoms with Crippen LogP contribution in [0.5, 0.6) is 0 Å². The molecule has 3 nitrogen and oxygen atoms in total. The molecule has 1 amide bonds. The number of carbonyl (C=O) groups excluding carboxylic acids is 1. The van der Waals surface area contributed by atoms with Gasteiger partial charge in [0.05, 0.1) is 16.2 Å². The zero-order valence-corrected chi connectivity index (χ0v) is 15.4. The molecule has 4 fully saturated rings. The van der Waals surface area contributed by atoms with Crippen molar-refractivity contribution in [2.75, 3.05) is 13.7 Å². The van der Waals surface area contributed by atoms with Crippen LogP contribution in [0.25, 0.3) is 0 Å². The molecule has 4 saturated carbocycles. The van der Waals surface area contributed by atoms with E-state index >= 15 is 0 Å². The molecule has 0 heterocycles. The van der Waals surface area contributed by atoms with E-state index < -0.39 is 0 Å². The Balaban J connectivity index is 1.50. The van der Waals surface area contributed by atoms with Gasteiger partial charge in [0.15, 0.2) is 0 Å². The number of hydrogen-bond acceptors (Lipinski definition) is 2. The van der Waals surface area contributed by atoms with Gasteiger partial charge in [0.1, 0.15) is 0 Å². The number of ether oxygens (including phenoxy) is 1. The fourth-order valence-electron chi connectivity index (χ4n) is 5.66. The van der Waals surface area contributed by atoms with Gasteiger partial charge in [0.25, 0.3) is 5.91 Å². The summed E-state index contributed by atoms with van der Waals surface area (Å²) in [6.07, 6.45) is 6.40. The predicted octanol–water partition coefficient (Wildman–Crippen LogP) is 4.56. The number of hydrogen-bond donors (Lipinski definition) is 1. The monoisotopic (exact) mass is 367 g/mol. The van der Waals surface area contributed by atoms with E-state index in [-0.39, 0.29) is 11.5 Å². The second-order valence-electron chi connectivity index (χ2n) is 7.77. The van der Waals surface area contributed by atoms with Gasteiger partial charge in [-0.25, -0.2) is 0 Å². The molecule has 4 aliphatic carbocycles. The molecular formula is C19H23Cl2NO2. The van der Waals surface area contributed by atoms with Crippen molar-refractivity contribution in [2.24, 2.45) is 23.7 Å². The predicted molar refractivity (Wildman–Crippen MR) is 95.6 cm³/mol. The van der Waals surface area contributed by atoms with Crippen molar-refractivity contribution in [2.45, 2.75) is 37.7 Å². The number of benzene rings is 1. The molecule has 5 heteroatoms. The molecule has 0 saturated heterocycles. The molecule has 0 atom stereocenters. The Morgan fingerprint density at radius 3 is 2.33 bits per heavy atom. The van der Waals surface area contributed by atoms with Crippen LogP contribution < -0.4 is 5.32 Å². The molecule has 1 N–H and O–H groups in total. The van der Waals surface area contributed by atoms with Gasteiger partial charge < -0.3 is 10.1 Å². The van der Waals surface area contributed by atoms with E-state index in [9.17, 15) is 4.79 Å². The second-order valence-corrected chi connectivity index (χ2v) is 8.61. The smallest absolute Gasteiger partial charge is 0.252 e. The van der Waals surface area contributed by atoms with Crippen LogP contribution in [0.1, 0.15) is 42.5 Å². The Hall–Kier alpha value is -0.770. The normalized spacial score (nSPS) is 36.8. The Morgan fingerprint density at radius 2 is 1.79 bits per heavy atom. The van der Waals surface area contributed by atoms with E-state index in [0.29, 0.717) is 34.0 Å². The number of rotatable bonds is 4. The number of amides is 1. The van der Waals surface area contributed by atoms with Crippen LogP contribution in [-0.2, 0) is 4.74 Å². The minimum absolute atomic E-state index is 0.151. The molecule has 0 aromatic heterocycles. The summed E-state index contributed by atoms with van der Waals surface area (Å²) < 4.78 is 6.08. The van der Waals surface area contributed by atoms with Gasteiger partial charge in [0, 0.05) is 18.7 Å². The first-order valence-electron chi connectivity index (χ1n) is 8.80. The van der Waals surface area contributed by atoms with Gasteiger partial charge in [-0.3, -0.25) is 4.79 Å². The minimum atomic E-state index is -0.206. The van der Waals surface area contributed by atoms with Gasteiger partial charge in [-0.1, -0.05) is 23.2 Å². The highest BCUT2D eigenvalue weighted by atomic mass is 35.5. The highest BCUT2D eigenvalue weighted by Crippen LogP contribution is 2.59. The Bertz CT molecular complexity index is 633. The number of carbonyl (C=O) groups is 1. The summed E-state index contributed by atoms with van der Waals surface area (Å²) in [6, 6.07) is 4.97. The van der Waals surface area contributed by atoms with Crippen LogP contribution in [0.2, 0.25) is 10.0 Å². The largest absolute Gasteiger partial charge is 0.376 e. The average Bonchev–Trinajstić information content (AvgIpc) is 2.54. The Morgan fingerprint density at radius 1 is 1.17 bits per heavy atom. The standard InChI is InChI=1S/C19H23Cl2NO2/c1-24-19(13-5-11-4-12(7-13)8-14(19)6-11)10-22-18(23)16-3-2-15(20)9-17(16)21/h2-3,9,11-14H,4-8,10H2,1H3,(H,22,23). The summed E-state index contributed by atoms with van der Waals surface area (Å²) in [4.78, 5) is 12.6. The lowest BCUT2D eigenvalue weighted by Crippen LogP contribution is -2.63. The zero-order valence-electron chi connectivity index (χ0n) is 13.9. The third kappa shape index (κ3) is 2.65. The summed E-state index contributed by atoms with van der Waals surface area (Å²) in [6.45, 7) is 0.566. The maximum absolute atomic E-state index is 12.6. The van der Waals surface area contributed by atoms with Crippen LogP contribution in [-0.4, -0.2) is 25.2 Å². The average molecular weight is 368 g/mol. The SMILES string of the molecule is COC1(CNC(=O)c2ccc(Cl)cc2Cl)C2CC3CC(C2)CC1C3.